The first-order valence-corrected chi connectivity index (χ1v) is 6.16. The highest BCUT2D eigenvalue weighted by Crippen LogP contribution is 2.33. The van der Waals surface area contributed by atoms with E-state index in [2.05, 4.69) is 25.8 Å². The van der Waals surface area contributed by atoms with Crippen LogP contribution in [0.2, 0.25) is 5.02 Å². The molecule has 2 N–H and O–H groups in total. The Hall–Kier alpha value is -0.930. The third kappa shape index (κ3) is 3.27. The summed E-state index contributed by atoms with van der Waals surface area (Å²) in [7, 11) is 3.69. The third-order valence-electron chi connectivity index (χ3n) is 3.10. The van der Waals surface area contributed by atoms with Crippen molar-refractivity contribution in [2.45, 2.75) is 26.3 Å². The first kappa shape index (κ1) is 14.1. The van der Waals surface area contributed by atoms with Crippen LogP contribution in [-0.2, 0) is 0 Å². The highest BCUT2D eigenvalue weighted by Gasteiger charge is 2.14. The number of halogens is 1. The van der Waals surface area contributed by atoms with E-state index < -0.39 is 0 Å². The second kappa shape index (κ2) is 6.12. The summed E-state index contributed by atoms with van der Waals surface area (Å²) in [6, 6.07) is 4.30. The number of hydrogen-bond acceptors (Lipinski definition) is 3. The van der Waals surface area contributed by atoms with Crippen molar-refractivity contribution < 1.29 is 4.74 Å². The van der Waals surface area contributed by atoms with Crippen molar-refractivity contribution in [3.63, 3.8) is 0 Å². The monoisotopic (exact) mass is 256 g/mol. The minimum atomic E-state index is 0.392. The molecule has 4 heteroatoms. The van der Waals surface area contributed by atoms with Gasteiger partial charge in [0.1, 0.15) is 5.75 Å². The molecule has 0 saturated heterocycles. The summed E-state index contributed by atoms with van der Waals surface area (Å²) in [5.74, 6) is 0.716. The predicted molar refractivity (Wildman–Crippen MR) is 74.3 cm³/mol. The van der Waals surface area contributed by atoms with E-state index in [1.54, 1.807) is 7.11 Å². The third-order valence-corrected chi connectivity index (χ3v) is 3.39. The zero-order chi connectivity index (χ0) is 13.0. The molecule has 1 aromatic rings. The number of nitrogens with zero attached hydrogens (tertiary/aromatic N) is 1. The van der Waals surface area contributed by atoms with Crippen molar-refractivity contribution >= 4 is 17.3 Å². The van der Waals surface area contributed by atoms with Gasteiger partial charge in [-0.15, -0.1) is 0 Å². The lowest BCUT2D eigenvalue weighted by Gasteiger charge is -2.28. The maximum atomic E-state index is 6.15. The lowest BCUT2D eigenvalue weighted by molar-refractivity contribution is 0.414. The van der Waals surface area contributed by atoms with Gasteiger partial charge in [0.05, 0.1) is 12.1 Å². The van der Waals surface area contributed by atoms with Crippen LogP contribution >= 0.6 is 11.6 Å². The zero-order valence-electron chi connectivity index (χ0n) is 11.0. The average molecular weight is 257 g/mol. The smallest absolute Gasteiger partial charge is 0.137 e. The Labute approximate surface area is 109 Å². The molecular formula is C13H21ClN2O. The van der Waals surface area contributed by atoms with Crippen LogP contribution in [0.4, 0.5) is 5.69 Å². The summed E-state index contributed by atoms with van der Waals surface area (Å²) in [6.45, 7) is 4.90. The van der Waals surface area contributed by atoms with Gasteiger partial charge in [-0.3, -0.25) is 0 Å². The van der Waals surface area contributed by atoms with Crippen molar-refractivity contribution in [3.05, 3.63) is 22.7 Å². The van der Waals surface area contributed by atoms with Gasteiger partial charge >= 0.3 is 0 Å². The maximum Gasteiger partial charge on any atom is 0.137 e. The summed E-state index contributed by atoms with van der Waals surface area (Å²) < 4.78 is 5.20. The number of hydrogen-bond donors (Lipinski definition) is 1. The molecule has 0 aliphatic heterocycles. The Balaban J connectivity index is 3.01. The highest BCUT2D eigenvalue weighted by atomic mass is 35.5. The van der Waals surface area contributed by atoms with Gasteiger partial charge in [0.2, 0.25) is 0 Å². The number of rotatable bonds is 5. The first-order chi connectivity index (χ1) is 8.01. The Bertz CT molecular complexity index is 382. The molecule has 0 amide bonds. The fourth-order valence-electron chi connectivity index (χ4n) is 1.85. The molecule has 1 unspecified atom stereocenters. The molecule has 0 aromatic heterocycles. The van der Waals surface area contributed by atoms with Crippen LogP contribution in [0.15, 0.2) is 12.1 Å². The van der Waals surface area contributed by atoms with Gasteiger partial charge in [-0.1, -0.05) is 11.6 Å². The number of methoxy groups -OCH3 is 1. The molecular weight excluding hydrogens is 236 g/mol. The normalized spacial score (nSPS) is 12.4. The molecule has 0 aliphatic carbocycles. The van der Waals surface area contributed by atoms with Crippen molar-refractivity contribution in [2.24, 2.45) is 5.73 Å². The van der Waals surface area contributed by atoms with Gasteiger partial charge in [-0.2, -0.15) is 0 Å². The fourth-order valence-corrected chi connectivity index (χ4v) is 2.09. The van der Waals surface area contributed by atoms with Crippen LogP contribution in [-0.4, -0.2) is 26.7 Å². The number of ether oxygens (including phenoxy) is 1. The Morgan fingerprint density at radius 3 is 2.65 bits per heavy atom. The van der Waals surface area contributed by atoms with Crippen LogP contribution in [0.25, 0.3) is 0 Å². The van der Waals surface area contributed by atoms with E-state index in [4.69, 9.17) is 22.1 Å². The largest absolute Gasteiger partial charge is 0.495 e. The number of benzene rings is 1. The van der Waals surface area contributed by atoms with Gasteiger partial charge < -0.3 is 15.4 Å². The van der Waals surface area contributed by atoms with Crippen LogP contribution in [0.1, 0.15) is 18.9 Å². The molecule has 0 bridgehead atoms. The molecule has 0 heterocycles. The van der Waals surface area contributed by atoms with Gasteiger partial charge in [-0.05, 0) is 44.5 Å². The zero-order valence-corrected chi connectivity index (χ0v) is 11.7. The van der Waals surface area contributed by atoms with E-state index in [9.17, 15) is 0 Å². The van der Waals surface area contributed by atoms with E-state index in [-0.39, 0.29) is 0 Å². The Morgan fingerprint density at radius 2 is 2.12 bits per heavy atom. The summed E-state index contributed by atoms with van der Waals surface area (Å²) in [5, 5.41) is 0.639. The van der Waals surface area contributed by atoms with Gasteiger partial charge in [-0.25, -0.2) is 0 Å². The van der Waals surface area contributed by atoms with Crippen molar-refractivity contribution in [3.8, 4) is 5.75 Å². The second-order valence-electron chi connectivity index (χ2n) is 4.31. The van der Waals surface area contributed by atoms with Crippen molar-refractivity contribution in [2.75, 3.05) is 25.6 Å². The standard InChI is InChI=1S/C13H21ClN2O/c1-9-7-13(17-4)11(14)8-12(9)16(3)10(2)5-6-15/h7-8,10H,5-6,15H2,1-4H3. The van der Waals surface area contributed by atoms with E-state index in [0.29, 0.717) is 23.4 Å². The highest BCUT2D eigenvalue weighted by molar-refractivity contribution is 6.32. The van der Waals surface area contributed by atoms with Crippen molar-refractivity contribution in [1.29, 1.82) is 0 Å². The topological polar surface area (TPSA) is 38.5 Å². The molecule has 1 atom stereocenters. The van der Waals surface area contributed by atoms with Gasteiger partial charge in [0, 0.05) is 18.8 Å². The quantitative estimate of drug-likeness (QED) is 0.881. The van der Waals surface area contributed by atoms with Crippen LogP contribution in [0, 0.1) is 6.92 Å². The lowest BCUT2D eigenvalue weighted by atomic mass is 10.1. The van der Waals surface area contributed by atoms with Crippen LogP contribution in [0.3, 0.4) is 0 Å². The molecule has 0 spiro atoms. The van der Waals surface area contributed by atoms with Crippen molar-refractivity contribution in [1.82, 2.24) is 0 Å². The molecule has 0 saturated carbocycles. The Kier molecular flexibility index (Phi) is 5.09. The minimum Gasteiger partial charge on any atom is -0.495 e. The summed E-state index contributed by atoms with van der Waals surface area (Å²) in [5.41, 5.74) is 7.86. The SMILES string of the molecule is COc1cc(C)c(N(C)C(C)CCN)cc1Cl. The maximum absolute atomic E-state index is 6.15. The van der Waals surface area contributed by atoms with Crippen LogP contribution < -0.4 is 15.4 Å². The van der Waals surface area contributed by atoms with E-state index in [1.807, 2.05) is 12.1 Å². The molecule has 3 nitrogen and oxygen atoms in total. The van der Waals surface area contributed by atoms with E-state index >= 15 is 0 Å². The molecule has 0 radical (unpaired) electrons. The number of anilines is 1. The molecule has 0 aliphatic rings. The Morgan fingerprint density at radius 1 is 1.47 bits per heavy atom. The van der Waals surface area contributed by atoms with Gasteiger partial charge in [0.25, 0.3) is 0 Å². The molecule has 1 aromatic carbocycles. The van der Waals surface area contributed by atoms with Crippen LogP contribution in [0.5, 0.6) is 5.75 Å². The number of nitrogens with two attached hydrogens (primary N) is 1. The first-order valence-electron chi connectivity index (χ1n) is 5.78. The molecule has 1 rings (SSSR count). The van der Waals surface area contributed by atoms with Gasteiger partial charge in [0.15, 0.2) is 0 Å². The predicted octanol–water partition coefficient (Wildman–Crippen LogP) is 2.83. The average Bonchev–Trinajstić information content (AvgIpc) is 2.31. The van der Waals surface area contributed by atoms with E-state index in [0.717, 1.165) is 17.7 Å². The second-order valence-corrected chi connectivity index (χ2v) is 4.72. The molecule has 17 heavy (non-hydrogen) atoms. The fraction of sp³-hybridized carbons (Fsp3) is 0.538. The summed E-state index contributed by atoms with van der Waals surface area (Å²) in [4.78, 5) is 2.20. The minimum absolute atomic E-state index is 0.392. The number of aryl methyl sites for hydroxylation is 1. The molecule has 0 fully saturated rings. The molecule has 96 valence electrons. The van der Waals surface area contributed by atoms with E-state index in [1.165, 1.54) is 0 Å². The summed E-state index contributed by atoms with van der Waals surface area (Å²) >= 11 is 6.15. The summed E-state index contributed by atoms with van der Waals surface area (Å²) in [6.07, 6.45) is 0.958. The lowest BCUT2D eigenvalue weighted by Crippen LogP contribution is -2.31.